The maximum atomic E-state index is 6.21. The number of aromatic nitrogens is 1. The fourth-order valence-electron chi connectivity index (χ4n) is 2.79. The van der Waals surface area contributed by atoms with Gasteiger partial charge in [-0.25, -0.2) is 0 Å². The topological polar surface area (TPSA) is 117 Å². The van der Waals surface area contributed by atoms with Gasteiger partial charge in [0.25, 0.3) is 0 Å². The summed E-state index contributed by atoms with van der Waals surface area (Å²) < 4.78 is 0. The van der Waals surface area contributed by atoms with Gasteiger partial charge in [-0.3, -0.25) is 4.98 Å². The zero-order valence-corrected chi connectivity index (χ0v) is 12.6. The van der Waals surface area contributed by atoms with Crippen molar-refractivity contribution in [3.8, 4) is 0 Å². The molecule has 0 aliphatic heterocycles. The van der Waals surface area contributed by atoms with Gasteiger partial charge < -0.3 is 22.9 Å². The van der Waals surface area contributed by atoms with Crippen molar-refractivity contribution in [2.24, 2.45) is 0 Å². The molecule has 1 heterocycles. The molecule has 0 aliphatic rings. The molecule has 1 aromatic heterocycles. The fraction of sp³-hybridized carbons (Fsp3) is 0.0556. The van der Waals surface area contributed by atoms with Crippen molar-refractivity contribution in [1.29, 1.82) is 0 Å². The summed E-state index contributed by atoms with van der Waals surface area (Å²) in [5, 5.41) is 0. The molecule has 0 fully saturated rings. The summed E-state index contributed by atoms with van der Waals surface area (Å²) in [7, 11) is 0. The number of nitrogen functional groups attached to an aromatic ring is 4. The Morgan fingerprint density at radius 2 is 1.30 bits per heavy atom. The Morgan fingerprint density at radius 3 is 1.74 bits per heavy atom. The second-order valence-electron chi connectivity index (χ2n) is 5.50. The first-order valence-corrected chi connectivity index (χ1v) is 7.26. The molecule has 116 valence electrons. The summed E-state index contributed by atoms with van der Waals surface area (Å²) >= 11 is 0. The lowest BCUT2D eigenvalue weighted by atomic mass is 9.84. The van der Waals surface area contributed by atoms with Gasteiger partial charge in [0.1, 0.15) is 0 Å². The summed E-state index contributed by atoms with van der Waals surface area (Å²) in [4.78, 5) is 4.22. The quantitative estimate of drug-likeness (QED) is 0.555. The van der Waals surface area contributed by atoms with E-state index in [1.54, 1.807) is 18.3 Å². The van der Waals surface area contributed by atoms with Crippen LogP contribution in [0.1, 0.15) is 22.6 Å². The minimum absolute atomic E-state index is 0.134. The maximum Gasteiger partial charge on any atom is 0.0395 e. The Labute approximate surface area is 134 Å². The van der Waals surface area contributed by atoms with E-state index in [-0.39, 0.29) is 5.92 Å². The molecule has 0 radical (unpaired) electrons. The van der Waals surface area contributed by atoms with Crippen LogP contribution in [0.15, 0.2) is 60.9 Å². The molecule has 0 atom stereocenters. The molecule has 5 nitrogen and oxygen atoms in total. The van der Waals surface area contributed by atoms with Crippen molar-refractivity contribution in [3.05, 3.63) is 77.6 Å². The van der Waals surface area contributed by atoms with E-state index in [0.717, 1.165) is 16.7 Å². The number of anilines is 4. The van der Waals surface area contributed by atoms with Crippen molar-refractivity contribution in [2.75, 3.05) is 22.9 Å². The van der Waals surface area contributed by atoms with Crippen LogP contribution < -0.4 is 22.9 Å². The van der Waals surface area contributed by atoms with Crippen molar-refractivity contribution in [3.63, 3.8) is 0 Å². The Balaban J connectivity index is 2.22. The minimum Gasteiger partial charge on any atom is -0.399 e. The maximum absolute atomic E-state index is 6.21. The van der Waals surface area contributed by atoms with Gasteiger partial charge in [-0.15, -0.1) is 0 Å². The largest absolute Gasteiger partial charge is 0.399 e. The molecule has 0 amide bonds. The number of rotatable bonds is 3. The molecule has 8 N–H and O–H groups in total. The standard InChI is InChI=1S/C18H19N5/c19-12-3-5-14(16(21)8-12)18(11-2-1-7-23-10-11)15-6-4-13(20)9-17(15)22/h1-10,18H,19-22H2. The average molecular weight is 305 g/mol. The van der Waals surface area contributed by atoms with Gasteiger partial charge in [0.2, 0.25) is 0 Å². The summed E-state index contributed by atoms with van der Waals surface area (Å²) in [6, 6.07) is 14.9. The molecule has 0 saturated carbocycles. The summed E-state index contributed by atoms with van der Waals surface area (Å²) in [5.74, 6) is -0.134. The van der Waals surface area contributed by atoms with Crippen molar-refractivity contribution in [1.82, 2.24) is 4.98 Å². The van der Waals surface area contributed by atoms with Gasteiger partial charge in [0.15, 0.2) is 0 Å². The lowest BCUT2D eigenvalue weighted by molar-refractivity contribution is 0.970. The first-order valence-electron chi connectivity index (χ1n) is 7.26. The number of nitrogens with zero attached hydrogens (tertiary/aromatic N) is 1. The lowest BCUT2D eigenvalue weighted by Crippen LogP contribution is -2.10. The van der Waals surface area contributed by atoms with E-state index >= 15 is 0 Å². The van der Waals surface area contributed by atoms with Crippen molar-refractivity contribution in [2.45, 2.75) is 5.92 Å². The van der Waals surface area contributed by atoms with Gasteiger partial charge in [0.05, 0.1) is 0 Å². The number of benzene rings is 2. The molecule has 2 aromatic carbocycles. The van der Waals surface area contributed by atoms with Crippen LogP contribution in [-0.2, 0) is 0 Å². The van der Waals surface area contributed by atoms with Crippen LogP contribution in [0.2, 0.25) is 0 Å². The van der Waals surface area contributed by atoms with Gasteiger partial charge in [-0.1, -0.05) is 18.2 Å². The Hall–Kier alpha value is -3.21. The van der Waals surface area contributed by atoms with Crippen LogP contribution in [-0.4, -0.2) is 4.98 Å². The molecular weight excluding hydrogens is 286 g/mol. The highest BCUT2D eigenvalue weighted by atomic mass is 14.6. The number of hydrogen-bond donors (Lipinski definition) is 4. The van der Waals surface area contributed by atoms with E-state index in [1.807, 2.05) is 42.6 Å². The Morgan fingerprint density at radius 1 is 0.739 bits per heavy atom. The van der Waals surface area contributed by atoms with Gasteiger partial charge in [-0.05, 0) is 47.0 Å². The van der Waals surface area contributed by atoms with Gasteiger partial charge in [-0.2, -0.15) is 0 Å². The molecule has 0 unspecified atom stereocenters. The molecule has 0 saturated heterocycles. The zero-order valence-electron chi connectivity index (χ0n) is 12.6. The molecule has 5 heteroatoms. The molecule has 0 spiro atoms. The van der Waals surface area contributed by atoms with Crippen LogP contribution in [0.4, 0.5) is 22.7 Å². The molecule has 0 aliphatic carbocycles. The van der Waals surface area contributed by atoms with Crippen LogP contribution in [0.25, 0.3) is 0 Å². The Kier molecular flexibility index (Phi) is 3.76. The summed E-state index contributed by atoms with van der Waals surface area (Å²) in [6.07, 6.45) is 3.55. The average Bonchev–Trinajstić information content (AvgIpc) is 2.52. The third-order valence-corrected chi connectivity index (χ3v) is 3.86. The van der Waals surface area contributed by atoms with E-state index in [2.05, 4.69) is 4.98 Å². The summed E-state index contributed by atoms with van der Waals surface area (Å²) in [6.45, 7) is 0. The second kappa shape index (κ2) is 5.88. The highest BCUT2D eigenvalue weighted by Gasteiger charge is 2.21. The van der Waals surface area contributed by atoms with E-state index < -0.39 is 0 Å². The molecular formula is C18H19N5. The minimum atomic E-state index is -0.134. The van der Waals surface area contributed by atoms with Gasteiger partial charge in [0, 0.05) is 41.1 Å². The molecule has 3 aromatic rings. The van der Waals surface area contributed by atoms with E-state index in [0.29, 0.717) is 22.7 Å². The SMILES string of the molecule is Nc1ccc(C(c2cccnc2)c2ccc(N)cc2N)c(N)c1. The van der Waals surface area contributed by atoms with Crippen molar-refractivity contribution < 1.29 is 0 Å². The van der Waals surface area contributed by atoms with Crippen LogP contribution in [0.5, 0.6) is 0 Å². The number of nitrogens with two attached hydrogens (primary N) is 4. The molecule has 3 rings (SSSR count). The predicted molar refractivity (Wildman–Crippen MR) is 95.7 cm³/mol. The number of hydrogen-bond acceptors (Lipinski definition) is 5. The van der Waals surface area contributed by atoms with Crippen LogP contribution >= 0.6 is 0 Å². The molecule has 0 bridgehead atoms. The smallest absolute Gasteiger partial charge is 0.0395 e. The van der Waals surface area contributed by atoms with Crippen LogP contribution in [0.3, 0.4) is 0 Å². The lowest BCUT2D eigenvalue weighted by Gasteiger charge is -2.22. The predicted octanol–water partition coefficient (Wildman–Crippen LogP) is 2.59. The Bertz CT molecular complexity index is 779. The van der Waals surface area contributed by atoms with Crippen LogP contribution in [0, 0.1) is 0 Å². The number of pyridine rings is 1. The second-order valence-corrected chi connectivity index (χ2v) is 5.50. The van der Waals surface area contributed by atoms with E-state index in [1.165, 1.54) is 0 Å². The summed E-state index contributed by atoms with van der Waals surface area (Å²) in [5.41, 5.74) is 29.4. The van der Waals surface area contributed by atoms with E-state index in [9.17, 15) is 0 Å². The normalized spacial score (nSPS) is 10.8. The fourth-order valence-corrected chi connectivity index (χ4v) is 2.79. The highest BCUT2D eigenvalue weighted by molar-refractivity contribution is 5.66. The third-order valence-electron chi connectivity index (χ3n) is 3.86. The molecule has 23 heavy (non-hydrogen) atoms. The zero-order chi connectivity index (χ0) is 16.4. The monoisotopic (exact) mass is 305 g/mol. The third kappa shape index (κ3) is 2.89. The van der Waals surface area contributed by atoms with E-state index in [4.69, 9.17) is 22.9 Å². The first kappa shape index (κ1) is 14.7. The first-order chi connectivity index (χ1) is 11.1. The van der Waals surface area contributed by atoms with Gasteiger partial charge >= 0.3 is 0 Å². The highest BCUT2D eigenvalue weighted by Crippen LogP contribution is 2.38. The van der Waals surface area contributed by atoms with Crippen molar-refractivity contribution >= 4 is 22.7 Å².